The monoisotopic (exact) mass is 406 g/mol. The Bertz CT molecular complexity index is 956. The van der Waals surface area contributed by atoms with Gasteiger partial charge in [0.05, 0.1) is 12.9 Å². The van der Waals surface area contributed by atoms with Crippen LogP contribution in [0.2, 0.25) is 0 Å². The molecule has 3 rings (SSSR count). The van der Waals surface area contributed by atoms with Crippen LogP contribution in [0, 0.1) is 0 Å². The van der Waals surface area contributed by atoms with Crippen molar-refractivity contribution in [2.45, 2.75) is 12.5 Å². The largest absolute Gasteiger partial charge is 0.459 e. The van der Waals surface area contributed by atoms with Gasteiger partial charge in [-0.15, -0.1) is 0 Å². The summed E-state index contributed by atoms with van der Waals surface area (Å²) in [4.78, 5) is 16.4. The lowest BCUT2D eigenvalue weighted by atomic mass is 10.0. The maximum Gasteiger partial charge on any atom is 0.291 e. The first-order valence-corrected chi connectivity index (χ1v) is 9.73. The molecule has 3 aromatic rings. The zero-order chi connectivity index (χ0) is 21.2. The van der Waals surface area contributed by atoms with Gasteiger partial charge in [0, 0.05) is 31.7 Å². The number of aliphatic imine (C=N–C) groups is 1. The fourth-order valence-corrected chi connectivity index (χ4v) is 3.00. The third-order valence-corrected chi connectivity index (χ3v) is 4.62. The number of aliphatic hydroxyl groups excluding tert-OH is 1. The molecule has 0 aliphatic rings. The van der Waals surface area contributed by atoms with Gasteiger partial charge in [0.15, 0.2) is 11.7 Å². The van der Waals surface area contributed by atoms with E-state index in [-0.39, 0.29) is 24.2 Å². The topological polar surface area (TPSA) is 98.9 Å². The first-order valence-electron chi connectivity index (χ1n) is 9.73. The number of hydrogen-bond acceptors (Lipinski definition) is 4. The molecule has 7 nitrogen and oxygen atoms in total. The highest BCUT2D eigenvalue weighted by molar-refractivity contribution is 6.02. The number of benzene rings is 2. The van der Waals surface area contributed by atoms with Gasteiger partial charge in [-0.2, -0.15) is 0 Å². The van der Waals surface area contributed by atoms with Crippen LogP contribution in [0.3, 0.4) is 0 Å². The zero-order valence-corrected chi connectivity index (χ0v) is 16.8. The maximum absolute atomic E-state index is 12.1. The standard InChI is InChI=1S/C23H26N4O3/c1-24-23(26-15-19(16-28)18-8-3-2-4-9-18)25-14-17-7-5-10-20(13-17)27-22(29)21-11-6-12-30-21/h2-13,19,28H,14-16H2,1H3,(H,27,29)(H2,24,25,26). The van der Waals surface area contributed by atoms with Crippen LogP contribution in [0.5, 0.6) is 0 Å². The van der Waals surface area contributed by atoms with Gasteiger partial charge in [0.2, 0.25) is 0 Å². The van der Waals surface area contributed by atoms with E-state index in [1.807, 2.05) is 54.6 Å². The summed E-state index contributed by atoms with van der Waals surface area (Å²) in [5, 5.41) is 19.0. The second-order valence-electron chi connectivity index (χ2n) is 6.73. The van der Waals surface area contributed by atoms with Gasteiger partial charge in [-0.05, 0) is 35.4 Å². The summed E-state index contributed by atoms with van der Waals surface area (Å²) in [7, 11) is 1.70. The van der Waals surface area contributed by atoms with E-state index >= 15 is 0 Å². The van der Waals surface area contributed by atoms with E-state index in [0.717, 1.165) is 11.1 Å². The molecule has 0 spiro atoms. The smallest absolute Gasteiger partial charge is 0.291 e. The molecular weight excluding hydrogens is 380 g/mol. The Morgan fingerprint density at radius 2 is 1.90 bits per heavy atom. The average molecular weight is 406 g/mol. The molecule has 0 radical (unpaired) electrons. The molecule has 0 saturated carbocycles. The van der Waals surface area contributed by atoms with Crippen LogP contribution in [-0.4, -0.2) is 37.2 Å². The predicted molar refractivity (Wildman–Crippen MR) is 118 cm³/mol. The fraction of sp³-hybridized carbons (Fsp3) is 0.217. The van der Waals surface area contributed by atoms with E-state index in [1.54, 1.807) is 19.2 Å². The highest BCUT2D eigenvalue weighted by atomic mass is 16.3. The molecule has 0 aliphatic heterocycles. The van der Waals surface area contributed by atoms with Crippen molar-refractivity contribution in [3.05, 3.63) is 89.9 Å². The van der Waals surface area contributed by atoms with Gasteiger partial charge in [-0.25, -0.2) is 0 Å². The minimum Gasteiger partial charge on any atom is -0.459 e. The number of carbonyl (C=O) groups is 1. The lowest BCUT2D eigenvalue weighted by Gasteiger charge is -2.18. The van der Waals surface area contributed by atoms with E-state index in [4.69, 9.17) is 4.42 Å². The van der Waals surface area contributed by atoms with Crippen LogP contribution in [0.4, 0.5) is 5.69 Å². The highest BCUT2D eigenvalue weighted by Gasteiger charge is 2.11. The number of aliphatic hydroxyl groups is 1. The van der Waals surface area contributed by atoms with Crippen molar-refractivity contribution in [2.24, 2.45) is 4.99 Å². The average Bonchev–Trinajstić information content (AvgIpc) is 3.32. The van der Waals surface area contributed by atoms with Crippen LogP contribution in [0.25, 0.3) is 0 Å². The molecule has 4 N–H and O–H groups in total. The van der Waals surface area contributed by atoms with Crippen LogP contribution >= 0.6 is 0 Å². The fourth-order valence-electron chi connectivity index (χ4n) is 3.00. The van der Waals surface area contributed by atoms with Gasteiger partial charge < -0.3 is 25.5 Å². The minimum absolute atomic E-state index is 0.0232. The van der Waals surface area contributed by atoms with Crippen LogP contribution in [0.1, 0.15) is 27.6 Å². The summed E-state index contributed by atoms with van der Waals surface area (Å²) < 4.78 is 5.11. The van der Waals surface area contributed by atoms with Crippen molar-refractivity contribution in [2.75, 3.05) is 25.5 Å². The Balaban J connectivity index is 1.53. The maximum atomic E-state index is 12.1. The first kappa shape index (κ1) is 21.1. The van der Waals surface area contributed by atoms with Gasteiger partial charge in [0.1, 0.15) is 0 Å². The molecule has 7 heteroatoms. The molecule has 30 heavy (non-hydrogen) atoms. The van der Waals surface area contributed by atoms with Crippen molar-refractivity contribution < 1.29 is 14.3 Å². The quantitative estimate of drug-likeness (QED) is 0.341. The number of anilines is 1. The van der Waals surface area contributed by atoms with E-state index in [2.05, 4.69) is 20.9 Å². The molecule has 0 fully saturated rings. The molecule has 156 valence electrons. The number of amides is 1. The van der Waals surface area contributed by atoms with Crippen molar-refractivity contribution in [1.82, 2.24) is 10.6 Å². The molecule has 1 unspecified atom stereocenters. The third kappa shape index (κ3) is 5.96. The van der Waals surface area contributed by atoms with E-state index in [9.17, 15) is 9.90 Å². The number of furan rings is 1. The lowest BCUT2D eigenvalue weighted by molar-refractivity contribution is 0.0996. The summed E-state index contributed by atoms with van der Waals surface area (Å²) in [6.07, 6.45) is 1.47. The number of nitrogens with one attached hydrogen (secondary N) is 3. The second kappa shape index (κ2) is 10.8. The number of hydrogen-bond donors (Lipinski definition) is 4. The van der Waals surface area contributed by atoms with E-state index in [0.29, 0.717) is 24.7 Å². The van der Waals surface area contributed by atoms with E-state index < -0.39 is 0 Å². The first-order chi connectivity index (χ1) is 14.7. The molecule has 1 aromatic heterocycles. The predicted octanol–water partition coefficient (Wildman–Crippen LogP) is 2.97. The summed E-state index contributed by atoms with van der Waals surface area (Å²) in [6, 6.07) is 20.7. The van der Waals surface area contributed by atoms with Gasteiger partial charge in [-0.1, -0.05) is 42.5 Å². The molecule has 1 amide bonds. The van der Waals surface area contributed by atoms with Gasteiger partial charge >= 0.3 is 0 Å². The van der Waals surface area contributed by atoms with Crippen molar-refractivity contribution in [3.8, 4) is 0 Å². The number of nitrogens with zero attached hydrogens (tertiary/aromatic N) is 1. The van der Waals surface area contributed by atoms with E-state index in [1.165, 1.54) is 6.26 Å². The normalized spacial score (nSPS) is 12.3. The lowest BCUT2D eigenvalue weighted by Crippen LogP contribution is -2.39. The summed E-state index contributed by atoms with van der Waals surface area (Å²) in [6.45, 7) is 1.13. The Morgan fingerprint density at radius 3 is 2.60 bits per heavy atom. The minimum atomic E-state index is -0.293. The number of guanidine groups is 1. The van der Waals surface area contributed by atoms with Crippen molar-refractivity contribution in [1.29, 1.82) is 0 Å². The molecule has 0 saturated heterocycles. The molecular formula is C23H26N4O3. The van der Waals surface area contributed by atoms with Crippen LogP contribution < -0.4 is 16.0 Å². The molecule has 1 heterocycles. The Labute approximate surface area is 175 Å². The van der Waals surface area contributed by atoms with Crippen LogP contribution in [-0.2, 0) is 6.54 Å². The van der Waals surface area contributed by atoms with Gasteiger partial charge in [0.25, 0.3) is 5.91 Å². The number of carbonyl (C=O) groups excluding carboxylic acids is 1. The van der Waals surface area contributed by atoms with Crippen LogP contribution in [0.15, 0.2) is 82.4 Å². The SMILES string of the molecule is CN=C(NCc1cccc(NC(=O)c2ccco2)c1)NCC(CO)c1ccccc1. The molecule has 1 atom stereocenters. The molecule has 2 aromatic carbocycles. The summed E-state index contributed by atoms with van der Waals surface area (Å²) >= 11 is 0. The van der Waals surface area contributed by atoms with Crippen molar-refractivity contribution in [3.63, 3.8) is 0 Å². The van der Waals surface area contributed by atoms with Gasteiger partial charge in [-0.3, -0.25) is 9.79 Å². The Morgan fingerprint density at radius 1 is 1.07 bits per heavy atom. The number of rotatable bonds is 8. The Hall–Kier alpha value is -3.58. The third-order valence-electron chi connectivity index (χ3n) is 4.62. The molecule has 0 aliphatic carbocycles. The highest BCUT2D eigenvalue weighted by Crippen LogP contribution is 2.14. The second-order valence-corrected chi connectivity index (χ2v) is 6.73. The Kier molecular flexibility index (Phi) is 7.63. The van der Waals surface area contributed by atoms with Crippen molar-refractivity contribution >= 4 is 17.6 Å². The molecule has 0 bridgehead atoms. The summed E-state index contributed by atoms with van der Waals surface area (Å²) in [5.41, 5.74) is 2.74. The summed E-state index contributed by atoms with van der Waals surface area (Å²) in [5.74, 6) is 0.581. The zero-order valence-electron chi connectivity index (χ0n) is 16.8.